The van der Waals surface area contributed by atoms with Crippen LogP contribution in [-0.4, -0.2) is 25.0 Å². The Balaban J connectivity index is 1.40. The van der Waals surface area contributed by atoms with E-state index in [4.69, 9.17) is 0 Å². The van der Waals surface area contributed by atoms with Gasteiger partial charge in [-0.2, -0.15) is 0 Å². The van der Waals surface area contributed by atoms with Gasteiger partial charge in [0.05, 0.1) is 15.7 Å². The summed E-state index contributed by atoms with van der Waals surface area (Å²) >= 11 is 0. The number of aromatic nitrogens is 1. The largest absolute Gasteiger partial charge is 0.300 e. The summed E-state index contributed by atoms with van der Waals surface area (Å²) in [6, 6.07) is 23.5. The molecule has 6 heteroatoms. The van der Waals surface area contributed by atoms with Crippen LogP contribution in [0.3, 0.4) is 0 Å². The van der Waals surface area contributed by atoms with E-state index >= 15 is 0 Å². The minimum absolute atomic E-state index is 0.0618. The number of aryl methyl sites for hydroxylation is 2. The molecule has 1 saturated carbocycles. The maximum absolute atomic E-state index is 14.5. The molecule has 3 aromatic carbocycles. The number of unbranched alkanes of at least 4 members (excludes halogenated alkanes) is 3. The van der Waals surface area contributed by atoms with Crippen LogP contribution in [0.25, 0.3) is 10.9 Å². The van der Waals surface area contributed by atoms with E-state index in [2.05, 4.69) is 49.2 Å². The van der Waals surface area contributed by atoms with Crippen molar-refractivity contribution in [3.05, 3.63) is 107 Å². The zero-order valence-corrected chi connectivity index (χ0v) is 31.1. The van der Waals surface area contributed by atoms with E-state index in [9.17, 15) is 18.0 Å². The molecule has 5 nitrogen and oxygen atoms in total. The highest BCUT2D eigenvalue weighted by Gasteiger charge is 2.31. The predicted octanol–water partition coefficient (Wildman–Crippen LogP) is 11.3. The number of hydrogen-bond donors (Lipinski definition) is 0. The van der Waals surface area contributed by atoms with E-state index < -0.39 is 15.1 Å². The second-order valence-electron chi connectivity index (χ2n) is 14.5. The number of ketones is 2. The van der Waals surface area contributed by atoms with E-state index in [0.29, 0.717) is 29.2 Å². The summed E-state index contributed by atoms with van der Waals surface area (Å²) in [6.45, 7) is 6.14. The standard InChI is InChI=1S/C44H55NO4S/c1-4-5-18-36(21-12-20-35-19-10-9-15-32(35)2)40-28-27-38(42(47)25-8-6-7-16-34-17-11-24-39(46)30-34)31-41(40)33(3)50(48,49)43-26-13-22-37-23-14-29-45-44(37)43/h9-10,13-15,19,22-23,26-29,31,33-34,36H,4-8,11-12,16-18,20-21,24-25,30H2,1-3H3. The molecule has 0 bridgehead atoms. The van der Waals surface area contributed by atoms with Gasteiger partial charge in [0.25, 0.3) is 0 Å². The first-order valence-electron chi connectivity index (χ1n) is 19.0. The highest BCUT2D eigenvalue weighted by molar-refractivity contribution is 7.91. The lowest BCUT2D eigenvalue weighted by atomic mass is 9.83. The summed E-state index contributed by atoms with van der Waals surface area (Å²) in [5, 5.41) is -0.0615. The summed E-state index contributed by atoms with van der Waals surface area (Å²) in [6.07, 6.45) is 15.5. The molecule has 1 aliphatic carbocycles. The molecule has 0 saturated heterocycles. The Hall–Kier alpha value is -3.64. The zero-order valence-electron chi connectivity index (χ0n) is 30.3. The Morgan fingerprint density at radius 3 is 2.50 bits per heavy atom. The van der Waals surface area contributed by atoms with Crippen molar-refractivity contribution >= 4 is 32.3 Å². The van der Waals surface area contributed by atoms with Crippen molar-refractivity contribution in [2.45, 2.75) is 133 Å². The van der Waals surface area contributed by atoms with Crippen LogP contribution < -0.4 is 0 Å². The second-order valence-corrected chi connectivity index (χ2v) is 16.8. The number of carbonyl (C=O) groups excluding carboxylic acids is 2. The SMILES string of the molecule is CCCCC(CCCc1ccccc1C)c1ccc(C(=O)CCCCCC2CCCC(=O)C2)cc1C(C)S(=O)(=O)c1cccc2cccnc12. The van der Waals surface area contributed by atoms with Gasteiger partial charge in [0.1, 0.15) is 5.78 Å². The molecule has 4 aromatic rings. The Morgan fingerprint density at radius 2 is 1.70 bits per heavy atom. The first kappa shape index (κ1) is 37.6. The molecule has 1 fully saturated rings. The molecule has 3 atom stereocenters. The third-order valence-electron chi connectivity index (χ3n) is 10.9. The fourth-order valence-electron chi connectivity index (χ4n) is 7.87. The lowest BCUT2D eigenvalue weighted by Crippen LogP contribution is -2.16. The molecule has 0 aliphatic heterocycles. The van der Waals surface area contributed by atoms with E-state index in [1.807, 2.05) is 30.3 Å². The molecule has 0 amide bonds. The number of nitrogens with zero attached hydrogens (tertiary/aromatic N) is 1. The molecule has 0 radical (unpaired) electrons. The number of fused-ring (bicyclic) bond motifs is 1. The Morgan fingerprint density at radius 1 is 0.900 bits per heavy atom. The second kappa shape index (κ2) is 18.0. The number of carbonyl (C=O) groups is 2. The van der Waals surface area contributed by atoms with Crippen molar-refractivity contribution in [2.75, 3.05) is 0 Å². The van der Waals surface area contributed by atoms with Gasteiger partial charge in [0, 0.05) is 36.4 Å². The third kappa shape index (κ3) is 9.57. The Bertz CT molecular complexity index is 1860. The van der Waals surface area contributed by atoms with Crippen molar-refractivity contribution in [1.82, 2.24) is 4.98 Å². The summed E-state index contributed by atoms with van der Waals surface area (Å²) < 4.78 is 29.0. The molecule has 50 heavy (non-hydrogen) atoms. The quantitative estimate of drug-likeness (QED) is 0.0765. The highest BCUT2D eigenvalue weighted by Crippen LogP contribution is 2.39. The fourth-order valence-corrected chi connectivity index (χ4v) is 9.50. The third-order valence-corrected chi connectivity index (χ3v) is 13.0. The van der Waals surface area contributed by atoms with Crippen molar-refractivity contribution in [3.8, 4) is 0 Å². The summed E-state index contributed by atoms with van der Waals surface area (Å²) in [5.74, 6) is 1.14. The molecule has 0 N–H and O–H groups in total. The summed E-state index contributed by atoms with van der Waals surface area (Å²) in [5.41, 5.74) is 5.51. The van der Waals surface area contributed by atoms with E-state index in [0.717, 1.165) is 106 Å². The first-order valence-corrected chi connectivity index (χ1v) is 20.5. The van der Waals surface area contributed by atoms with Crippen LogP contribution in [0.5, 0.6) is 0 Å². The average Bonchev–Trinajstić information content (AvgIpc) is 3.12. The minimum Gasteiger partial charge on any atom is -0.300 e. The minimum atomic E-state index is -3.84. The topological polar surface area (TPSA) is 81.2 Å². The average molecular weight is 694 g/mol. The number of rotatable bonds is 18. The number of benzene rings is 3. The van der Waals surface area contributed by atoms with Crippen LogP contribution in [0, 0.1) is 12.8 Å². The summed E-state index contributed by atoms with van der Waals surface area (Å²) in [7, 11) is -3.84. The van der Waals surface area contributed by atoms with E-state index in [-0.39, 0.29) is 16.6 Å². The Labute approximate surface area is 300 Å². The number of Topliss-reactive ketones (excluding diaryl/α,β-unsaturated/α-hetero) is 2. The number of pyridine rings is 1. The van der Waals surface area contributed by atoms with E-state index in [1.54, 1.807) is 25.3 Å². The normalized spacial score (nSPS) is 16.4. The molecule has 5 rings (SSSR count). The van der Waals surface area contributed by atoms with Gasteiger partial charge in [0.15, 0.2) is 15.6 Å². The number of para-hydroxylation sites is 1. The smallest absolute Gasteiger partial charge is 0.187 e. The van der Waals surface area contributed by atoms with Crippen LogP contribution in [0.1, 0.15) is 148 Å². The predicted molar refractivity (Wildman–Crippen MR) is 205 cm³/mol. The van der Waals surface area contributed by atoms with Crippen LogP contribution in [0.4, 0.5) is 0 Å². The van der Waals surface area contributed by atoms with Gasteiger partial charge in [-0.15, -0.1) is 0 Å². The van der Waals surface area contributed by atoms with Crippen molar-refractivity contribution in [1.29, 1.82) is 0 Å². The van der Waals surface area contributed by atoms with Gasteiger partial charge >= 0.3 is 0 Å². The van der Waals surface area contributed by atoms with Crippen LogP contribution in [0.15, 0.2) is 83.9 Å². The molecule has 0 spiro atoms. The van der Waals surface area contributed by atoms with Crippen molar-refractivity contribution < 1.29 is 18.0 Å². The fraction of sp³-hybridized carbons (Fsp3) is 0.477. The molecule has 266 valence electrons. The molecule has 1 aliphatic rings. The number of sulfone groups is 1. The maximum atomic E-state index is 14.5. The van der Waals surface area contributed by atoms with Gasteiger partial charge in [0.2, 0.25) is 0 Å². The van der Waals surface area contributed by atoms with Crippen LogP contribution in [-0.2, 0) is 21.1 Å². The highest BCUT2D eigenvalue weighted by atomic mass is 32.2. The molecular formula is C44H55NO4S. The van der Waals surface area contributed by atoms with Crippen molar-refractivity contribution in [2.24, 2.45) is 5.92 Å². The first-order chi connectivity index (χ1) is 24.2. The van der Waals surface area contributed by atoms with Gasteiger partial charge in [-0.25, -0.2) is 8.42 Å². The van der Waals surface area contributed by atoms with Crippen LogP contribution >= 0.6 is 0 Å². The monoisotopic (exact) mass is 693 g/mol. The van der Waals surface area contributed by atoms with Gasteiger partial charge in [-0.1, -0.05) is 93.6 Å². The summed E-state index contributed by atoms with van der Waals surface area (Å²) in [4.78, 5) is 30.2. The zero-order chi connectivity index (χ0) is 35.5. The molecule has 1 aromatic heterocycles. The van der Waals surface area contributed by atoms with Gasteiger partial charge < -0.3 is 0 Å². The van der Waals surface area contributed by atoms with Gasteiger partial charge in [-0.05, 0) is 111 Å². The van der Waals surface area contributed by atoms with E-state index in [1.165, 1.54) is 11.1 Å². The lowest BCUT2D eigenvalue weighted by Gasteiger charge is -2.25. The number of hydrogen-bond acceptors (Lipinski definition) is 5. The molecule has 1 heterocycles. The van der Waals surface area contributed by atoms with Gasteiger partial charge in [-0.3, -0.25) is 14.6 Å². The lowest BCUT2D eigenvalue weighted by molar-refractivity contribution is -0.121. The maximum Gasteiger partial charge on any atom is 0.187 e. The van der Waals surface area contributed by atoms with Crippen LogP contribution in [0.2, 0.25) is 0 Å². The molecule has 3 unspecified atom stereocenters. The van der Waals surface area contributed by atoms with Crippen molar-refractivity contribution in [3.63, 3.8) is 0 Å². The molecular weight excluding hydrogens is 639 g/mol. The Kier molecular flexibility index (Phi) is 13.6.